The molecule has 0 unspecified atom stereocenters. The molecule has 32 heavy (non-hydrogen) atoms. The minimum atomic E-state index is -0.383. The summed E-state index contributed by atoms with van der Waals surface area (Å²) in [5.74, 6) is -0.383. The normalized spacial score (nSPS) is 11.6. The first-order valence-electron chi connectivity index (χ1n) is 10.2. The summed E-state index contributed by atoms with van der Waals surface area (Å²) in [6, 6.07) is 22.3. The number of imidazole rings is 1. The Kier molecular flexibility index (Phi) is 3.95. The Hall–Kier alpha value is -4.32. The number of aryl methyl sites for hydroxylation is 1. The van der Waals surface area contributed by atoms with Gasteiger partial charge in [0.1, 0.15) is 5.82 Å². The first-order valence-corrected chi connectivity index (χ1v) is 10.2. The molecule has 0 saturated carbocycles. The van der Waals surface area contributed by atoms with E-state index >= 15 is 4.39 Å². The number of halogens is 1. The zero-order chi connectivity index (χ0) is 21.8. The average Bonchev–Trinajstić information content (AvgIpc) is 3.09. The van der Waals surface area contributed by atoms with E-state index in [-0.39, 0.29) is 11.5 Å². The second-order valence-corrected chi connectivity index (χ2v) is 7.77. The number of hydrogen-bond acceptors (Lipinski definition) is 3. The Morgan fingerprint density at radius 3 is 2.44 bits per heavy atom. The van der Waals surface area contributed by atoms with Crippen molar-refractivity contribution in [2.45, 2.75) is 0 Å². The highest BCUT2D eigenvalue weighted by atomic mass is 19.1. The maximum atomic E-state index is 15.2. The van der Waals surface area contributed by atoms with Gasteiger partial charge in [-0.3, -0.25) is 19.1 Å². The van der Waals surface area contributed by atoms with Crippen molar-refractivity contribution in [1.82, 2.24) is 19.1 Å². The van der Waals surface area contributed by atoms with Gasteiger partial charge in [0.25, 0.3) is 0 Å². The summed E-state index contributed by atoms with van der Waals surface area (Å²) in [6.07, 6.45) is 3.30. The maximum Gasteiger partial charge on any atom is 0.333 e. The van der Waals surface area contributed by atoms with Gasteiger partial charge in [-0.1, -0.05) is 36.4 Å². The standard InChI is InChI=1S/C26H17FN4O/c1-30-24-15-29-23-13-21(27)19(17-11-16-7-5-6-10-22(16)28-14-17)12-20(23)25(24)31(26(30)32)18-8-3-2-4-9-18/h2-15H,1H3. The van der Waals surface area contributed by atoms with Crippen molar-refractivity contribution in [2.24, 2.45) is 7.05 Å². The minimum Gasteiger partial charge on any atom is -0.293 e. The second kappa shape index (κ2) is 6.85. The van der Waals surface area contributed by atoms with Gasteiger partial charge in [0.2, 0.25) is 0 Å². The van der Waals surface area contributed by atoms with E-state index in [1.54, 1.807) is 34.6 Å². The number of rotatable bonds is 2. The van der Waals surface area contributed by atoms with Crippen molar-refractivity contribution >= 4 is 32.8 Å². The Bertz CT molecular complexity index is 1720. The lowest BCUT2D eigenvalue weighted by Crippen LogP contribution is -2.20. The van der Waals surface area contributed by atoms with Crippen molar-refractivity contribution < 1.29 is 4.39 Å². The average molecular weight is 420 g/mol. The van der Waals surface area contributed by atoms with Crippen molar-refractivity contribution in [3.63, 3.8) is 0 Å². The van der Waals surface area contributed by atoms with Gasteiger partial charge in [-0.15, -0.1) is 0 Å². The van der Waals surface area contributed by atoms with Crippen LogP contribution < -0.4 is 5.69 Å². The monoisotopic (exact) mass is 420 g/mol. The third-order valence-electron chi connectivity index (χ3n) is 5.89. The van der Waals surface area contributed by atoms with Gasteiger partial charge in [-0.2, -0.15) is 0 Å². The van der Waals surface area contributed by atoms with Crippen LogP contribution in [0.1, 0.15) is 0 Å². The van der Waals surface area contributed by atoms with E-state index in [4.69, 9.17) is 0 Å². The zero-order valence-electron chi connectivity index (χ0n) is 17.2. The summed E-state index contributed by atoms with van der Waals surface area (Å²) in [6.45, 7) is 0. The van der Waals surface area contributed by atoms with E-state index in [2.05, 4.69) is 9.97 Å². The molecule has 0 N–H and O–H groups in total. The van der Waals surface area contributed by atoms with Crippen LogP contribution in [0.25, 0.3) is 49.7 Å². The van der Waals surface area contributed by atoms with Crippen molar-refractivity contribution in [3.8, 4) is 16.8 Å². The molecular weight excluding hydrogens is 403 g/mol. The summed E-state index contributed by atoms with van der Waals surface area (Å²) in [4.78, 5) is 22.0. The molecule has 3 heterocycles. The van der Waals surface area contributed by atoms with Crippen LogP contribution in [0.15, 0.2) is 90.0 Å². The Labute approximate surface area is 182 Å². The van der Waals surface area contributed by atoms with E-state index in [0.717, 1.165) is 16.6 Å². The molecule has 154 valence electrons. The number of fused-ring (bicyclic) bond motifs is 4. The van der Waals surface area contributed by atoms with Crippen molar-refractivity contribution in [2.75, 3.05) is 0 Å². The Balaban J connectivity index is 1.70. The Morgan fingerprint density at radius 1 is 0.844 bits per heavy atom. The molecule has 5 nitrogen and oxygen atoms in total. The van der Waals surface area contributed by atoms with Crippen LogP contribution in [0.2, 0.25) is 0 Å². The van der Waals surface area contributed by atoms with Crippen LogP contribution >= 0.6 is 0 Å². The molecule has 0 saturated heterocycles. The van der Waals surface area contributed by atoms with Crippen LogP contribution in [0.5, 0.6) is 0 Å². The number of aromatic nitrogens is 4. The van der Waals surface area contributed by atoms with E-state index in [1.165, 1.54) is 6.07 Å². The fourth-order valence-corrected chi connectivity index (χ4v) is 4.27. The summed E-state index contributed by atoms with van der Waals surface area (Å²) in [5.41, 5.74) is 4.37. The van der Waals surface area contributed by atoms with Gasteiger partial charge < -0.3 is 0 Å². The lowest BCUT2D eigenvalue weighted by Gasteiger charge is -2.10. The molecule has 3 aromatic carbocycles. The zero-order valence-corrected chi connectivity index (χ0v) is 17.2. The van der Waals surface area contributed by atoms with Crippen LogP contribution in [-0.4, -0.2) is 19.1 Å². The molecule has 6 rings (SSSR count). The molecule has 0 fully saturated rings. The molecule has 0 aliphatic heterocycles. The van der Waals surface area contributed by atoms with Crippen LogP contribution in [0.4, 0.5) is 4.39 Å². The number of benzene rings is 3. The van der Waals surface area contributed by atoms with Gasteiger partial charge in [0.05, 0.1) is 34.0 Å². The molecule has 6 heteroatoms. The van der Waals surface area contributed by atoms with Gasteiger partial charge in [0.15, 0.2) is 0 Å². The second-order valence-electron chi connectivity index (χ2n) is 7.77. The molecule has 0 bridgehead atoms. The number of hydrogen-bond donors (Lipinski definition) is 0. The van der Waals surface area contributed by atoms with E-state index < -0.39 is 0 Å². The summed E-state index contributed by atoms with van der Waals surface area (Å²) in [5, 5.41) is 1.63. The molecule has 3 aromatic heterocycles. The highest BCUT2D eigenvalue weighted by Crippen LogP contribution is 2.32. The predicted octanol–water partition coefficient (Wildman–Crippen LogP) is 5.23. The lowest BCUT2D eigenvalue weighted by atomic mass is 10.0. The fraction of sp³-hybridized carbons (Fsp3) is 0.0385. The number of para-hydroxylation sites is 2. The predicted molar refractivity (Wildman–Crippen MR) is 125 cm³/mol. The lowest BCUT2D eigenvalue weighted by molar-refractivity contribution is 0.633. The topological polar surface area (TPSA) is 52.7 Å². The third-order valence-corrected chi connectivity index (χ3v) is 5.89. The quantitative estimate of drug-likeness (QED) is 0.385. The van der Waals surface area contributed by atoms with Gasteiger partial charge in [-0.05, 0) is 30.3 Å². The molecule has 0 aliphatic rings. The van der Waals surface area contributed by atoms with Gasteiger partial charge >= 0.3 is 5.69 Å². The van der Waals surface area contributed by atoms with Crippen LogP contribution in [-0.2, 0) is 7.05 Å². The number of nitrogens with zero attached hydrogens (tertiary/aromatic N) is 4. The maximum absolute atomic E-state index is 15.2. The first-order chi connectivity index (χ1) is 15.6. The summed E-state index contributed by atoms with van der Waals surface area (Å²) >= 11 is 0. The highest BCUT2D eigenvalue weighted by Gasteiger charge is 2.18. The van der Waals surface area contributed by atoms with Gasteiger partial charge in [-0.25, -0.2) is 9.18 Å². The molecule has 6 aromatic rings. The van der Waals surface area contributed by atoms with Crippen LogP contribution in [0.3, 0.4) is 0 Å². The molecular formula is C26H17FN4O. The van der Waals surface area contributed by atoms with E-state index in [9.17, 15) is 4.79 Å². The van der Waals surface area contributed by atoms with Crippen molar-refractivity contribution in [3.05, 3.63) is 101 Å². The van der Waals surface area contributed by atoms with E-state index in [1.807, 2.05) is 60.7 Å². The summed E-state index contributed by atoms with van der Waals surface area (Å²) < 4.78 is 18.4. The highest BCUT2D eigenvalue weighted by molar-refractivity contribution is 6.05. The smallest absolute Gasteiger partial charge is 0.293 e. The van der Waals surface area contributed by atoms with Crippen molar-refractivity contribution in [1.29, 1.82) is 0 Å². The first kappa shape index (κ1) is 18.4. The summed E-state index contributed by atoms with van der Waals surface area (Å²) in [7, 11) is 1.72. The number of pyridine rings is 2. The fourth-order valence-electron chi connectivity index (χ4n) is 4.27. The largest absolute Gasteiger partial charge is 0.333 e. The van der Waals surface area contributed by atoms with E-state index in [0.29, 0.717) is 33.1 Å². The molecule has 0 amide bonds. The Morgan fingerprint density at radius 2 is 1.59 bits per heavy atom. The van der Waals surface area contributed by atoms with Gasteiger partial charge in [0, 0.05) is 41.2 Å². The third kappa shape index (κ3) is 2.66. The molecule has 0 aliphatic carbocycles. The van der Waals surface area contributed by atoms with Crippen LogP contribution in [0, 0.1) is 5.82 Å². The molecule has 0 atom stereocenters. The minimum absolute atomic E-state index is 0.182. The molecule has 0 spiro atoms. The SMILES string of the molecule is Cn1c(=O)n(-c2ccccc2)c2c3cc(-c4cnc5ccccc5c4)c(F)cc3ncc21. The molecule has 0 radical (unpaired) electrons.